The molecule has 0 atom stereocenters. The summed E-state index contributed by atoms with van der Waals surface area (Å²) >= 11 is 15.6. The molecule has 1 aliphatic rings. The summed E-state index contributed by atoms with van der Waals surface area (Å²) in [4.78, 5) is 23.5. The van der Waals surface area contributed by atoms with Gasteiger partial charge in [-0.2, -0.15) is 0 Å². The van der Waals surface area contributed by atoms with Crippen LogP contribution in [0.2, 0.25) is 10.0 Å². The quantitative estimate of drug-likeness (QED) is 0.207. The van der Waals surface area contributed by atoms with Crippen molar-refractivity contribution in [1.82, 2.24) is 9.88 Å². The van der Waals surface area contributed by atoms with Gasteiger partial charge in [-0.25, -0.2) is 4.98 Å². The molecule has 0 unspecified atom stereocenters. The second kappa shape index (κ2) is 13.1. The van der Waals surface area contributed by atoms with E-state index in [0.717, 1.165) is 66.1 Å². The number of anilines is 1. The largest absolute Gasteiger partial charge is 0.494 e. The van der Waals surface area contributed by atoms with Gasteiger partial charge in [0.05, 0.1) is 30.0 Å². The van der Waals surface area contributed by atoms with Crippen LogP contribution < -0.4 is 9.64 Å². The summed E-state index contributed by atoms with van der Waals surface area (Å²) in [5, 5.41) is 2.01. The first-order valence-corrected chi connectivity index (χ1v) is 14.2. The van der Waals surface area contributed by atoms with Crippen molar-refractivity contribution >= 4 is 67.6 Å². The molecule has 0 saturated carbocycles. The first-order valence-electron chi connectivity index (χ1n) is 11.7. The van der Waals surface area contributed by atoms with E-state index in [-0.39, 0.29) is 5.91 Å². The molecule has 2 heterocycles. The van der Waals surface area contributed by atoms with Gasteiger partial charge < -0.3 is 9.47 Å². The van der Waals surface area contributed by atoms with Gasteiger partial charge in [-0.15, -0.1) is 11.8 Å². The lowest BCUT2D eigenvalue weighted by Gasteiger charge is -2.27. The molecule has 0 aliphatic carbocycles. The minimum absolute atomic E-state index is 0.0813. The van der Waals surface area contributed by atoms with Crippen LogP contribution in [0.1, 0.15) is 19.3 Å². The molecule has 35 heavy (non-hydrogen) atoms. The predicted octanol–water partition coefficient (Wildman–Crippen LogP) is 6.24. The highest BCUT2D eigenvalue weighted by Crippen LogP contribution is 2.39. The molecule has 6 nitrogen and oxygen atoms in total. The standard InChI is InChI=1S/C25H29Cl2N3O3S2/c1-32-21-10-9-20(27)24-23(21)28-25(35-24)30(12-3-11-29-13-15-33-16-14-29)22(31)4-2-17-34-19-7-5-18(26)6-8-19/h5-10H,2-4,11-17H2,1H3. The van der Waals surface area contributed by atoms with Gasteiger partial charge in [0.25, 0.3) is 0 Å². The van der Waals surface area contributed by atoms with E-state index in [1.807, 2.05) is 41.3 Å². The SMILES string of the molecule is COc1ccc(Cl)c2sc(N(CCCN3CCOCC3)C(=O)CCCSc3ccc(Cl)cc3)nc12. The number of thioether (sulfide) groups is 1. The third-order valence-electron chi connectivity index (χ3n) is 5.78. The number of carbonyl (C=O) groups is 1. The number of ether oxygens (including phenoxy) is 2. The number of hydrogen-bond donors (Lipinski definition) is 0. The summed E-state index contributed by atoms with van der Waals surface area (Å²) in [6.45, 7) is 4.94. The van der Waals surface area contributed by atoms with Gasteiger partial charge in [0, 0.05) is 42.5 Å². The summed E-state index contributed by atoms with van der Waals surface area (Å²) in [6, 6.07) is 11.4. The zero-order valence-corrected chi connectivity index (χ0v) is 22.8. The number of nitrogens with zero attached hydrogens (tertiary/aromatic N) is 3. The number of carbonyl (C=O) groups excluding carboxylic acids is 1. The number of amides is 1. The number of halogens is 2. The molecule has 0 radical (unpaired) electrons. The van der Waals surface area contributed by atoms with Gasteiger partial charge in [-0.1, -0.05) is 34.5 Å². The van der Waals surface area contributed by atoms with Crippen molar-refractivity contribution in [3.8, 4) is 5.75 Å². The van der Waals surface area contributed by atoms with Gasteiger partial charge >= 0.3 is 0 Å². The topological polar surface area (TPSA) is 54.9 Å². The molecular formula is C25H29Cl2N3O3S2. The molecule has 188 valence electrons. The monoisotopic (exact) mass is 553 g/mol. The Kier molecular flexibility index (Phi) is 9.94. The third-order valence-corrected chi connectivity index (χ3v) is 8.67. The van der Waals surface area contributed by atoms with Gasteiger partial charge in [0.2, 0.25) is 5.91 Å². The van der Waals surface area contributed by atoms with Crippen LogP contribution >= 0.6 is 46.3 Å². The minimum Gasteiger partial charge on any atom is -0.494 e. The summed E-state index contributed by atoms with van der Waals surface area (Å²) in [7, 11) is 1.62. The van der Waals surface area contributed by atoms with Crippen LogP contribution in [0.5, 0.6) is 5.75 Å². The summed E-state index contributed by atoms with van der Waals surface area (Å²) in [5.74, 6) is 1.60. The Morgan fingerprint density at radius 1 is 1.17 bits per heavy atom. The second-order valence-corrected chi connectivity index (χ2v) is 11.2. The first-order chi connectivity index (χ1) is 17.0. The van der Waals surface area contributed by atoms with Crippen LogP contribution in [-0.4, -0.2) is 68.0 Å². The first kappa shape index (κ1) is 26.5. The fraction of sp³-hybridized carbons (Fsp3) is 0.440. The Morgan fingerprint density at radius 3 is 2.69 bits per heavy atom. The zero-order valence-electron chi connectivity index (χ0n) is 19.7. The number of hydrogen-bond acceptors (Lipinski definition) is 7. The molecule has 1 aliphatic heterocycles. The molecule has 1 saturated heterocycles. The maximum atomic E-state index is 13.4. The van der Waals surface area contributed by atoms with E-state index in [9.17, 15) is 4.79 Å². The molecule has 1 amide bonds. The van der Waals surface area contributed by atoms with Crippen LogP contribution in [0.25, 0.3) is 10.2 Å². The van der Waals surface area contributed by atoms with Crippen molar-refractivity contribution in [3.63, 3.8) is 0 Å². The smallest absolute Gasteiger partial charge is 0.228 e. The van der Waals surface area contributed by atoms with E-state index >= 15 is 0 Å². The molecule has 3 aromatic rings. The zero-order chi connectivity index (χ0) is 24.6. The second-order valence-electron chi connectivity index (χ2n) is 8.18. The summed E-state index contributed by atoms with van der Waals surface area (Å²) in [5.41, 5.74) is 0.698. The Labute approximate surface area is 224 Å². The van der Waals surface area contributed by atoms with E-state index in [4.69, 9.17) is 37.7 Å². The number of aromatic nitrogens is 1. The van der Waals surface area contributed by atoms with Crippen LogP contribution in [0, 0.1) is 0 Å². The molecular weight excluding hydrogens is 525 g/mol. The number of morpholine rings is 1. The maximum absolute atomic E-state index is 13.4. The highest BCUT2D eigenvalue weighted by molar-refractivity contribution is 7.99. The number of benzene rings is 2. The lowest BCUT2D eigenvalue weighted by molar-refractivity contribution is -0.118. The number of thiazole rings is 1. The average molecular weight is 555 g/mol. The summed E-state index contributed by atoms with van der Waals surface area (Å²) < 4.78 is 11.8. The van der Waals surface area contributed by atoms with E-state index in [1.54, 1.807) is 18.9 Å². The van der Waals surface area contributed by atoms with Crippen LogP contribution in [-0.2, 0) is 9.53 Å². The normalized spacial score (nSPS) is 14.4. The Bertz CT molecular complexity index is 1120. The van der Waals surface area contributed by atoms with Gasteiger partial charge in [0.15, 0.2) is 5.13 Å². The molecule has 0 N–H and O–H groups in total. The van der Waals surface area contributed by atoms with Crippen molar-refractivity contribution in [3.05, 3.63) is 46.4 Å². The van der Waals surface area contributed by atoms with E-state index < -0.39 is 0 Å². The molecule has 0 spiro atoms. The van der Waals surface area contributed by atoms with Crippen molar-refractivity contribution in [2.75, 3.05) is 57.2 Å². The van der Waals surface area contributed by atoms with Gasteiger partial charge in [0.1, 0.15) is 11.3 Å². The van der Waals surface area contributed by atoms with Gasteiger partial charge in [-0.3, -0.25) is 14.6 Å². The molecule has 10 heteroatoms. The lowest BCUT2D eigenvalue weighted by Crippen LogP contribution is -2.39. The van der Waals surface area contributed by atoms with E-state index in [0.29, 0.717) is 34.4 Å². The highest BCUT2D eigenvalue weighted by Gasteiger charge is 2.22. The number of methoxy groups -OCH3 is 1. The van der Waals surface area contributed by atoms with Crippen LogP contribution in [0.4, 0.5) is 5.13 Å². The average Bonchev–Trinajstić information content (AvgIpc) is 3.32. The molecule has 2 aromatic carbocycles. The van der Waals surface area contributed by atoms with E-state index in [1.165, 1.54) is 11.3 Å². The number of rotatable bonds is 11. The minimum atomic E-state index is 0.0813. The fourth-order valence-electron chi connectivity index (χ4n) is 3.90. The van der Waals surface area contributed by atoms with Crippen molar-refractivity contribution < 1.29 is 14.3 Å². The Balaban J connectivity index is 1.43. The van der Waals surface area contributed by atoms with Crippen LogP contribution in [0.3, 0.4) is 0 Å². The molecule has 0 bridgehead atoms. The molecule has 1 fully saturated rings. The highest BCUT2D eigenvalue weighted by atomic mass is 35.5. The van der Waals surface area contributed by atoms with E-state index in [2.05, 4.69) is 4.90 Å². The fourth-order valence-corrected chi connectivity index (χ4v) is 6.18. The predicted molar refractivity (Wildman–Crippen MR) is 147 cm³/mol. The molecule has 1 aromatic heterocycles. The van der Waals surface area contributed by atoms with Gasteiger partial charge in [-0.05, 0) is 55.0 Å². The molecule has 4 rings (SSSR count). The number of fused-ring (bicyclic) bond motifs is 1. The summed E-state index contributed by atoms with van der Waals surface area (Å²) in [6.07, 6.45) is 2.10. The maximum Gasteiger partial charge on any atom is 0.228 e. The lowest BCUT2D eigenvalue weighted by atomic mass is 10.2. The van der Waals surface area contributed by atoms with Crippen molar-refractivity contribution in [1.29, 1.82) is 0 Å². The third kappa shape index (κ3) is 7.24. The van der Waals surface area contributed by atoms with Crippen molar-refractivity contribution in [2.24, 2.45) is 0 Å². The Hall–Kier alpha value is -1.55. The van der Waals surface area contributed by atoms with Crippen molar-refractivity contribution in [2.45, 2.75) is 24.2 Å². The Morgan fingerprint density at radius 2 is 1.94 bits per heavy atom. The van der Waals surface area contributed by atoms with Crippen LogP contribution in [0.15, 0.2) is 41.3 Å².